The molecule has 0 aliphatic rings. The van der Waals surface area contributed by atoms with Crippen LogP contribution in [0.15, 0.2) is 18.2 Å². The van der Waals surface area contributed by atoms with Gasteiger partial charge in [0, 0.05) is 24.8 Å². The van der Waals surface area contributed by atoms with Crippen LogP contribution in [0.3, 0.4) is 0 Å². The molecule has 0 saturated carbocycles. The Morgan fingerprint density at radius 1 is 1.31 bits per heavy atom. The summed E-state index contributed by atoms with van der Waals surface area (Å²) < 4.78 is 31.8. The smallest absolute Gasteiger partial charge is 0.130 e. The van der Waals surface area contributed by atoms with E-state index in [-0.39, 0.29) is 5.56 Å². The minimum absolute atomic E-state index is 0.0287. The highest BCUT2D eigenvalue weighted by Crippen LogP contribution is 2.22. The van der Waals surface area contributed by atoms with E-state index in [0.29, 0.717) is 26.1 Å². The maximum atomic E-state index is 13.3. The third-order valence-corrected chi connectivity index (χ3v) is 2.38. The SMILES string of the molecule is CCOCCCC(N)c1c(F)cccc1F. The van der Waals surface area contributed by atoms with Gasteiger partial charge in [0.2, 0.25) is 0 Å². The van der Waals surface area contributed by atoms with Crippen molar-refractivity contribution in [2.45, 2.75) is 25.8 Å². The van der Waals surface area contributed by atoms with E-state index in [0.717, 1.165) is 0 Å². The Balaban J connectivity index is 2.55. The summed E-state index contributed by atoms with van der Waals surface area (Å²) >= 11 is 0. The number of hydrogen-bond donors (Lipinski definition) is 1. The van der Waals surface area contributed by atoms with Crippen molar-refractivity contribution in [1.29, 1.82) is 0 Å². The van der Waals surface area contributed by atoms with Crippen molar-refractivity contribution in [2.24, 2.45) is 5.73 Å². The van der Waals surface area contributed by atoms with Crippen molar-refractivity contribution in [3.63, 3.8) is 0 Å². The first-order valence-corrected chi connectivity index (χ1v) is 5.44. The molecular formula is C12H17F2NO. The third-order valence-electron chi connectivity index (χ3n) is 2.38. The minimum Gasteiger partial charge on any atom is -0.382 e. The van der Waals surface area contributed by atoms with E-state index in [2.05, 4.69) is 0 Å². The number of benzene rings is 1. The largest absolute Gasteiger partial charge is 0.382 e. The average Bonchev–Trinajstić information content (AvgIpc) is 2.24. The van der Waals surface area contributed by atoms with Gasteiger partial charge in [-0.3, -0.25) is 0 Å². The fourth-order valence-electron chi connectivity index (χ4n) is 1.56. The van der Waals surface area contributed by atoms with Crippen molar-refractivity contribution in [2.75, 3.05) is 13.2 Å². The molecule has 0 amide bonds. The van der Waals surface area contributed by atoms with Crippen LogP contribution in [0.25, 0.3) is 0 Å². The number of ether oxygens (including phenoxy) is 1. The van der Waals surface area contributed by atoms with Crippen molar-refractivity contribution in [3.8, 4) is 0 Å². The highest BCUT2D eigenvalue weighted by Gasteiger charge is 2.15. The number of nitrogens with two attached hydrogens (primary N) is 1. The minimum atomic E-state index is -0.610. The Morgan fingerprint density at radius 3 is 2.50 bits per heavy atom. The second-order valence-electron chi connectivity index (χ2n) is 3.58. The first-order chi connectivity index (χ1) is 7.66. The molecule has 0 aliphatic heterocycles. The standard InChI is InChI=1S/C12H17F2NO/c1-2-16-8-4-7-11(15)12-9(13)5-3-6-10(12)14/h3,5-6,11H,2,4,7-8,15H2,1H3. The Kier molecular flexibility index (Phi) is 5.35. The molecule has 0 aliphatic carbocycles. The molecule has 1 unspecified atom stereocenters. The Bertz CT molecular complexity index is 311. The van der Waals surface area contributed by atoms with E-state index < -0.39 is 17.7 Å². The molecule has 16 heavy (non-hydrogen) atoms. The second kappa shape index (κ2) is 6.55. The summed E-state index contributed by atoms with van der Waals surface area (Å²) in [4.78, 5) is 0. The van der Waals surface area contributed by atoms with Crippen LogP contribution in [0.4, 0.5) is 8.78 Å². The van der Waals surface area contributed by atoms with Crippen LogP contribution in [0.2, 0.25) is 0 Å². The zero-order valence-electron chi connectivity index (χ0n) is 9.38. The lowest BCUT2D eigenvalue weighted by Crippen LogP contribution is -2.15. The predicted octanol–water partition coefficient (Wildman–Crippen LogP) is 2.78. The molecule has 1 aromatic rings. The van der Waals surface area contributed by atoms with Gasteiger partial charge in [-0.05, 0) is 31.9 Å². The Hall–Kier alpha value is -1.00. The van der Waals surface area contributed by atoms with Crippen LogP contribution in [-0.4, -0.2) is 13.2 Å². The quantitative estimate of drug-likeness (QED) is 0.761. The molecule has 0 aromatic heterocycles. The number of halogens is 2. The summed E-state index contributed by atoms with van der Waals surface area (Å²) in [5.74, 6) is -1.16. The molecule has 0 saturated heterocycles. The van der Waals surface area contributed by atoms with E-state index in [1.54, 1.807) is 0 Å². The monoisotopic (exact) mass is 229 g/mol. The van der Waals surface area contributed by atoms with Crippen molar-refractivity contribution < 1.29 is 13.5 Å². The molecule has 1 atom stereocenters. The normalized spacial score (nSPS) is 12.8. The first-order valence-electron chi connectivity index (χ1n) is 5.44. The van der Waals surface area contributed by atoms with Gasteiger partial charge in [-0.15, -0.1) is 0 Å². The Labute approximate surface area is 94.4 Å². The van der Waals surface area contributed by atoms with Gasteiger partial charge in [0.1, 0.15) is 11.6 Å². The third kappa shape index (κ3) is 3.54. The van der Waals surface area contributed by atoms with Gasteiger partial charge in [0.25, 0.3) is 0 Å². The first kappa shape index (κ1) is 13.1. The van der Waals surface area contributed by atoms with Crippen LogP contribution >= 0.6 is 0 Å². The lowest BCUT2D eigenvalue weighted by Gasteiger charge is -2.13. The van der Waals surface area contributed by atoms with Crippen molar-refractivity contribution in [1.82, 2.24) is 0 Å². The average molecular weight is 229 g/mol. The molecule has 2 nitrogen and oxygen atoms in total. The molecule has 1 rings (SSSR count). The van der Waals surface area contributed by atoms with Crippen molar-refractivity contribution in [3.05, 3.63) is 35.4 Å². The molecule has 0 fully saturated rings. The van der Waals surface area contributed by atoms with Gasteiger partial charge in [-0.2, -0.15) is 0 Å². The van der Waals surface area contributed by atoms with E-state index in [4.69, 9.17) is 10.5 Å². The van der Waals surface area contributed by atoms with Crippen LogP contribution < -0.4 is 5.73 Å². The highest BCUT2D eigenvalue weighted by atomic mass is 19.1. The topological polar surface area (TPSA) is 35.2 Å². The van der Waals surface area contributed by atoms with Crippen LogP contribution in [0.1, 0.15) is 31.4 Å². The Morgan fingerprint density at radius 2 is 1.94 bits per heavy atom. The van der Waals surface area contributed by atoms with Gasteiger partial charge in [-0.1, -0.05) is 6.07 Å². The van der Waals surface area contributed by atoms with Gasteiger partial charge in [0.05, 0.1) is 0 Å². The van der Waals surface area contributed by atoms with E-state index in [9.17, 15) is 8.78 Å². The van der Waals surface area contributed by atoms with Gasteiger partial charge < -0.3 is 10.5 Å². The molecule has 4 heteroatoms. The molecular weight excluding hydrogens is 212 g/mol. The molecule has 0 bridgehead atoms. The molecule has 90 valence electrons. The summed E-state index contributed by atoms with van der Waals surface area (Å²) in [5.41, 5.74) is 5.71. The summed E-state index contributed by atoms with van der Waals surface area (Å²) in [6, 6.07) is 3.17. The lowest BCUT2D eigenvalue weighted by molar-refractivity contribution is 0.141. The lowest BCUT2D eigenvalue weighted by atomic mass is 10.0. The van der Waals surface area contributed by atoms with E-state index in [1.807, 2.05) is 6.92 Å². The maximum absolute atomic E-state index is 13.3. The van der Waals surface area contributed by atoms with Crippen molar-refractivity contribution >= 4 is 0 Å². The number of rotatable bonds is 6. The summed E-state index contributed by atoms with van der Waals surface area (Å²) in [5, 5.41) is 0. The van der Waals surface area contributed by atoms with Gasteiger partial charge in [-0.25, -0.2) is 8.78 Å². The molecule has 0 radical (unpaired) electrons. The van der Waals surface area contributed by atoms with Crippen LogP contribution in [0, 0.1) is 11.6 Å². The molecule has 2 N–H and O–H groups in total. The summed E-state index contributed by atoms with van der Waals surface area (Å²) in [7, 11) is 0. The van der Waals surface area contributed by atoms with E-state index in [1.165, 1.54) is 18.2 Å². The second-order valence-corrected chi connectivity index (χ2v) is 3.58. The fourth-order valence-corrected chi connectivity index (χ4v) is 1.56. The zero-order valence-corrected chi connectivity index (χ0v) is 9.38. The zero-order chi connectivity index (χ0) is 12.0. The summed E-state index contributed by atoms with van der Waals surface area (Å²) in [6.07, 6.45) is 1.21. The molecule has 1 aromatic carbocycles. The predicted molar refractivity (Wildman–Crippen MR) is 59.0 cm³/mol. The maximum Gasteiger partial charge on any atom is 0.130 e. The molecule has 0 spiro atoms. The highest BCUT2D eigenvalue weighted by molar-refractivity contribution is 5.22. The van der Waals surface area contributed by atoms with Crippen LogP contribution in [0.5, 0.6) is 0 Å². The van der Waals surface area contributed by atoms with E-state index >= 15 is 0 Å². The van der Waals surface area contributed by atoms with Gasteiger partial charge in [0.15, 0.2) is 0 Å². The molecule has 0 heterocycles. The number of hydrogen-bond acceptors (Lipinski definition) is 2. The van der Waals surface area contributed by atoms with Gasteiger partial charge >= 0.3 is 0 Å². The van der Waals surface area contributed by atoms with Crippen LogP contribution in [-0.2, 0) is 4.74 Å². The summed E-state index contributed by atoms with van der Waals surface area (Å²) in [6.45, 7) is 3.11. The fraction of sp³-hybridized carbons (Fsp3) is 0.500.